The molecular formula is C21H25ClFN3O2. The molecule has 0 spiro atoms. The first-order chi connectivity index (χ1) is 13.7. The van der Waals surface area contributed by atoms with Gasteiger partial charge in [-0.25, -0.2) is 4.39 Å². The second-order valence-electron chi connectivity index (χ2n) is 6.63. The van der Waals surface area contributed by atoms with Crippen molar-refractivity contribution in [3.05, 3.63) is 59.1 Å². The number of alkyl halides is 1. The number of piperazine rings is 1. The summed E-state index contributed by atoms with van der Waals surface area (Å²) >= 11 is 5.95. The fraction of sp³-hybridized carbons (Fsp3) is 0.381. The molecular weight excluding hydrogens is 380 g/mol. The molecule has 3 rings (SSSR count). The predicted octanol–water partition coefficient (Wildman–Crippen LogP) is 3.24. The number of anilines is 1. The van der Waals surface area contributed by atoms with E-state index in [4.69, 9.17) is 16.3 Å². The zero-order valence-electron chi connectivity index (χ0n) is 15.7. The molecule has 0 aromatic heterocycles. The third-order valence-corrected chi connectivity index (χ3v) is 4.97. The minimum Gasteiger partial charge on any atom is -0.491 e. The number of hydrogen-bond donors (Lipinski definition) is 1. The molecule has 150 valence electrons. The van der Waals surface area contributed by atoms with Crippen molar-refractivity contribution in [1.29, 1.82) is 0 Å². The molecule has 0 radical (unpaired) electrons. The van der Waals surface area contributed by atoms with Gasteiger partial charge in [0.1, 0.15) is 19.0 Å². The summed E-state index contributed by atoms with van der Waals surface area (Å²) in [5.41, 5.74) is 1.70. The van der Waals surface area contributed by atoms with Crippen LogP contribution in [0.5, 0.6) is 5.75 Å². The summed E-state index contributed by atoms with van der Waals surface area (Å²) in [5, 5.41) is 3.69. The third kappa shape index (κ3) is 5.84. The van der Waals surface area contributed by atoms with Gasteiger partial charge in [0.25, 0.3) is 5.91 Å². The molecule has 0 saturated carbocycles. The van der Waals surface area contributed by atoms with Crippen molar-refractivity contribution in [1.82, 2.24) is 10.2 Å². The average Bonchev–Trinajstić information content (AvgIpc) is 2.73. The highest BCUT2D eigenvalue weighted by atomic mass is 35.5. The van der Waals surface area contributed by atoms with E-state index in [1.165, 1.54) is 5.69 Å². The average molecular weight is 405 g/mol. The van der Waals surface area contributed by atoms with Gasteiger partial charge in [-0.15, -0.1) is 0 Å². The van der Waals surface area contributed by atoms with Crippen LogP contribution in [0.25, 0.3) is 0 Å². The normalized spacial score (nSPS) is 14.7. The highest BCUT2D eigenvalue weighted by Gasteiger charge is 2.17. The number of nitrogens with one attached hydrogen (secondary N) is 1. The minimum atomic E-state index is -0.554. The van der Waals surface area contributed by atoms with Crippen molar-refractivity contribution in [2.75, 3.05) is 57.4 Å². The van der Waals surface area contributed by atoms with Crippen molar-refractivity contribution in [2.24, 2.45) is 0 Å². The lowest BCUT2D eigenvalue weighted by Crippen LogP contribution is -2.48. The van der Waals surface area contributed by atoms with Crippen molar-refractivity contribution in [3.8, 4) is 5.75 Å². The molecule has 5 nitrogen and oxygen atoms in total. The summed E-state index contributed by atoms with van der Waals surface area (Å²) in [6, 6.07) is 14.7. The fourth-order valence-corrected chi connectivity index (χ4v) is 3.32. The van der Waals surface area contributed by atoms with Crippen molar-refractivity contribution in [2.45, 2.75) is 0 Å². The first-order valence-electron chi connectivity index (χ1n) is 9.45. The molecule has 1 aliphatic heterocycles. The molecule has 7 heteroatoms. The number of halogens is 2. The number of ether oxygens (including phenoxy) is 1. The van der Waals surface area contributed by atoms with Crippen molar-refractivity contribution >= 4 is 23.2 Å². The van der Waals surface area contributed by atoms with E-state index in [-0.39, 0.29) is 12.5 Å². The van der Waals surface area contributed by atoms with E-state index >= 15 is 0 Å². The lowest BCUT2D eigenvalue weighted by atomic mass is 10.2. The summed E-state index contributed by atoms with van der Waals surface area (Å²) in [5.74, 6) is 0.356. The topological polar surface area (TPSA) is 44.8 Å². The van der Waals surface area contributed by atoms with E-state index in [0.29, 0.717) is 17.9 Å². The summed E-state index contributed by atoms with van der Waals surface area (Å²) in [4.78, 5) is 17.0. The quantitative estimate of drug-likeness (QED) is 0.733. The van der Waals surface area contributed by atoms with Crippen LogP contribution in [0.3, 0.4) is 0 Å². The Morgan fingerprint density at radius 3 is 2.57 bits per heavy atom. The Bertz CT molecular complexity index is 765. The van der Waals surface area contributed by atoms with Gasteiger partial charge in [0.2, 0.25) is 0 Å². The maximum absolute atomic E-state index is 12.3. The van der Waals surface area contributed by atoms with Gasteiger partial charge >= 0.3 is 0 Å². The third-order valence-electron chi connectivity index (χ3n) is 4.72. The summed E-state index contributed by atoms with van der Waals surface area (Å²) in [6.45, 7) is 4.62. The van der Waals surface area contributed by atoms with Crippen LogP contribution < -0.4 is 15.0 Å². The van der Waals surface area contributed by atoms with E-state index < -0.39 is 6.67 Å². The van der Waals surface area contributed by atoms with Crippen LogP contribution in [0.1, 0.15) is 10.4 Å². The van der Waals surface area contributed by atoms with E-state index in [9.17, 15) is 9.18 Å². The molecule has 1 heterocycles. The van der Waals surface area contributed by atoms with Crippen LogP contribution >= 0.6 is 11.6 Å². The lowest BCUT2D eigenvalue weighted by molar-refractivity contribution is 0.0947. The molecule has 0 atom stereocenters. The molecule has 0 bridgehead atoms. The number of carbonyl (C=O) groups excluding carboxylic acids is 1. The first kappa shape index (κ1) is 20.4. The van der Waals surface area contributed by atoms with E-state index in [0.717, 1.165) is 37.7 Å². The van der Waals surface area contributed by atoms with Gasteiger partial charge in [0.15, 0.2) is 0 Å². The van der Waals surface area contributed by atoms with E-state index in [2.05, 4.69) is 15.1 Å². The van der Waals surface area contributed by atoms with Crippen LogP contribution in [-0.4, -0.2) is 63.4 Å². The number of benzene rings is 2. The Labute approximate surface area is 170 Å². The van der Waals surface area contributed by atoms with E-state index in [1.807, 2.05) is 24.3 Å². The highest BCUT2D eigenvalue weighted by molar-refractivity contribution is 6.30. The molecule has 1 fully saturated rings. The molecule has 2 aromatic carbocycles. The Kier molecular flexibility index (Phi) is 7.51. The minimum absolute atomic E-state index is 0.00687. The number of nitrogens with zero attached hydrogens (tertiary/aromatic N) is 2. The van der Waals surface area contributed by atoms with Crippen LogP contribution in [0.15, 0.2) is 48.5 Å². The van der Waals surface area contributed by atoms with Gasteiger partial charge in [0.05, 0.1) is 0 Å². The monoisotopic (exact) mass is 404 g/mol. The SMILES string of the molecule is O=C(NCCN1CCN(c2ccc(Cl)cc2)CC1)c1cccc(OCC[18F])c1. The Balaban J connectivity index is 1.40. The predicted molar refractivity (Wildman–Crippen MR) is 110 cm³/mol. The Morgan fingerprint density at radius 1 is 1.11 bits per heavy atom. The first-order valence-corrected chi connectivity index (χ1v) is 9.83. The molecule has 0 unspecified atom stereocenters. The zero-order valence-corrected chi connectivity index (χ0v) is 16.5. The van der Waals surface area contributed by atoms with Gasteiger partial charge < -0.3 is 15.0 Å². The molecule has 28 heavy (non-hydrogen) atoms. The molecule has 2 aromatic rings. The summed E-state index contributed by atoms with van der Waals surface area (Å²) < 4.78 is 17.4. The maximum atomic E-state index is 12.3. The molecule has 1 saturated heterocycles. The number of rotatable bonds is 8. The second-order valence-corrected chi connectivity index (χ2v) is 7.06. The van der Waals surface area contributed by atoms with Gasteiger partial charge in [-0.3, -0.25) is 9.69 Å². The van der Waals surface area contributed by atoms with Crippen molar-refractivity contribution in [3.63, 3.8) is 0 Å². The smallest absolute Gasteiger partial charge is 0.251 e. The van der Waals surface area contributed by atoms with Gasteiger partial charge in [-0.2, -0.15) is 0 Å². The van der Waals surface area contributed by atoms with Gasteiger partial charge in [0, 0.05) is 55.5 Å². The van der Waals surface area contributed by atoms with Crippen LogP contribution in [0.4, 0.5) is 10.1 Å². The van der Waals surface area contributed by atoms with Crippen LogP contribution in [-0.2, 0) is 0 Å². The Hall–Kier alpha value is -2.31. The number of hydrogen-bond acceptors (Lipinski definition) is 4. The van der Waals surface area contributed by atoms with Gasteiger partial charge in [-0.1, -0.05) is 17.7 Å². The lowest BCUT2D eigenvalue weighted by Gasteiger charge is -2.36. The largest absolute Gasteiger partial charge is 0.491 e. The van der Waals surface area contributed by atoms with Gasteiger partial charge in [-0.05, 0) is 42.5 Å². The molecule has 1 amide bonds. The molecule has 0 aliphatic carbocycles. The second kappa shape index (κ2) is 10.3. The highest BCUT2D eigenvalue weighted by Crippen LogP contribution is 2.19. The fourth-order valence-electron chi connectivity index (χ4n) is 3.19. The van der Waals surface area contributed by atoms with Crippen LogP contribution in [0, 0.1) is 0 Å². The van der Waals surface area contributed by atoms with E-state index in [1.54, 1.807) is 24.3 Å². The van der Waals surface area contributed by atoms with Crippen LogP contribution in [0.2, 0.25) is 5.02 Å². The molecule has 1 aliphatic rings. The Morgan fingerprint density at radius 2 is 1.86 bits per heavy atom. The van der Waals surface area contributed by atoms with Crippen molar-refractivity contribution < 1.29 is 13.9 Å². The standard InChI is InChI=1S/C21H25ClFN3O2/c22-18-4-6-19(7-5-18)26-13-11-25(12-14-26)10-9-24-21(27)17-2-1-3-20(16-17)28-15-8-23/h1-7,16H,8-15H2,(H,24,27)/i23-1. The number of amides is 1. The maximum Gasteiger partial charge on any atom is 0.251 e. The number of carbonyl (C=O) groups is 1. The summed E-state index contributed by atoms with van der Waals surface area (Å²) in [7, 11) is 0. The zero-order chi connectivity index (χ0) is 19.8. The summed E-state index contributed by atoms with van der Waals surface area (Å²) in [6.07, 6.45) is 0. The molecule has 1 N–H and O–H groups in total.